The van der Waals surface area contributed by atoms with Crippen LogP contribution in [0.3, 0.4) is 0 Å². The Bertz CT molecular complexity index is 93.4. The zero-order valence-corrected chi connectivity index (χ0v) is 6.21. The van der Waals surface area contributed by atoms with Crippen LogP contribution in [0.1, 0.15) is 12.8 Å². The predicted molar refractivity (Wildman–Crippen MR) is 40.0 cm³/mol. The molecule has 1 rings (SSSR count). The highest BCUT2D eigenvalue weighted by Crippen LogP contribution is 2.05. The molecular weight excluding hydrogens is 128 g/mol. The molecule has 1 aliphatic rings. The fraction of sp³-hybridized carbons (Fsp3) is 0.750. The van der Waals surface area contributed by atoms with Gasteiger partial charge in [0.1, 0.15) is 0 Å². The summed E-state index contributed by atoms with van der Waals surface area (Å²) in [6.45, 7) is 6.05. The first kappa shape index (κ1) is 7.76. The Hall–Kier alpha value is -0.340. The molecule has 2 heteroatoms. The largest absolute Gasteiger partial charge is 0.379 e. The summed E-state index contributed by atoms with van der Waals surface area (Å²) in [6, 6.07) is 0. The maximum atomic E-state index is 5.45. The topological polar surface area (TPSA) is 18.5 Å². The van der Waals surface area contributed by atoms with E-state index in [1.54, 1.807) is 0 Å². The Morgan fingerprint density at radius 2 is 2.40 bits per heavy atom. The zero-order chi connectivity index (χ0) is 7.23. The molecule has 0 aromatic carbocycles. The summed E-state index contributed by atoms with van der Waals surface area (Å²) in [5, 5.41) is 0. The molecule has 2 nitrogen and oxygen atoms in total. The second kappa shape index (κ2) is 4.47. The van der Waals surface area contributed by atoms with Crippen molar-refractivity contribution in [3.8, 4) is 0 Å². The Morgan fingerprint density at radius 3 is 3.20 bits per heavy atom. The average Bonchev–Trinajstić information content (AvgIpc) is 2.17. The molecule has 0 amide bonds. The lowest BCUT2D eigenvalue weighted by Gasteiger charge is -2.10. The van der Waals surface area contributed by atoms with Crippen LogP contribution in [0.2, 0.25) is 0 Å². The molecule has 1 heterocycles. The summed E-state index contributed by atoms with van der Waals surface area (Å²) >= 11 is 0. The minimum Gasteiger partial charge on any atom is -0.379 e. The van der Waals surface area contributed by atoms with Crippen LogP contribution < -0.4 is 0 Å². The molecule has 10 heavy (non-hydrogen) atoms. The lowest BCUT2D eigenvalue weighted by atomic mass is 10.3. The van der Waals surface area contributed by atoms with E-state index in [1.165, 1.54) is 0 Å². The highest BCUT2D eigenvalue weighted by molar-refractivity contribution is 4.73. The van der Waals surface area contributed by atoms with Crippen molar-refractivity contribution < 1.29 is 9.47 Å². The summed E-state index contributed by atoms with van der Waals surface area (Å²) in [5.74, 6) is 0. The van der Waals surface area contributed by atoms with E-state index >= 15 is 0 Å². The monoisotopic (exact) mass is 142 g/mol. The molecule has 0 bridgehead atoms. The van der Waals surface area contributed by atoms with Crippen LogP contribution in [0.5, 0.6) is 0 Å². The molecule has 58 valence electrons. The number of ether oxygens (including phenoxy) is 2. The van der Waals surface area contributed by atoms with Gasteiger partial charge >= 0.3 is 0 Å². The van der Waals surface area contributed by atoms with Gasteiger partial charge in [-0.15, -0.1) is 6.58 Å². The Kier molecular flexibility index (Phi) is 3.47. The third-order valence-corrected chi connectivity index (χ3v) is 1.52. The van der Waals surface area contributed by atoms with Gasteiger partial charge in [-0.2, -0.15) is 0 Å². The quantitative estimate of drug-likeness (QED) is 0.542. The van der Waals surface area contributed by atoms with Gasteiger partial charge in [0.05, 0.1) is 12.7 Å². The van der Waals surface area contributed by atoms with Crippen LogP contribution in [0.25, 0.3) is 0 Å². The highest BCUT2D eigenvalue weighted by Gasteiger charge is 2.09. The van der Waals surface area contributed by atoms with Gasteiger partial charge < -0.3 is 9.47 Å². The lowest BCUT2D eigenvalue weighted by Crippen LogP contribution is -2.15. The Balaban J connectivity index is 2.21. The van der Waals surface area contributed by atoms with Gasteiger partial charge in [-0.25, -0.2) is 0 Å². The third-order valence-electron chi connectivity index (χ3n) is 1.52. The molecule has 1 atom stereocenters. The van der Waals surface area contributed by atoms with Gasteiger partial charge in [0, 0.05) is 13.2 Å². The van der Waals surface area contributed by atoms with Gasteiger partial charge in [0.2, 0.25) is 0 Å². The maximum absolute atomic E-state index is 5.45. The molecule has 0 saturated carbocycles. The van der Waals surface area contributed by atoms with E-state index in [9.17, 15) is 0 Å². The van der Waals surface area contributed by atoms with E-state index in [0.29, 0.717) is 0 Å². The lowest BCUT2D eigenvalue weighted by molar-refractivity contribution is 0.0285. The molecule has 0 radical (unpaired) electrons. The van der Waals surface area contributed by atoms with Gasteiger partial charge in [0.15, 0.2) is 0 Å². The molecule has 1 unspecified atom stereocenters. The van der Waals surface area contributed by atoms with Crippen molar-refractivity contribution in [3.63, 3.8) is 0 Å². The van der Waals surface area contributed by atoms with Gasteiger partial charge in [-0.05, 0) is 12.8 Å². The summed E-state index contributed by atoms with van der Waals surface area (Å²) < 4.78 is 10.7. The summed E-state index contributed by atoms with van der Waals surface area (Å²) in [5.41, 5.74) is 0. The first-order valence-electron chi connectivity index (χ1n) is 3.73. The van der Waals surface area contributed by atoms with Crippen LogP contribution in [-0.4, -0.2) is 25.9 Å². The van der Waals surface area contributed by atoms with Crippen molar-refractivity contribution in [1.29, 1.82) is 0 Å². The zero-order valence-electron chi connectivity index (χ0n) is 6.21. The summed E-state index contributed by atoms with van der Waals surface area (Å²) in [7, 11) is 0. The van der Waals surface area contributed by atoms with Crippen LogP contribution in [0.15, 0.2) is 12.7 Å². The summed E-state index contributed by atoms with van der Waals surface area (Å²) in [6.07, 6.45) is 4.05. The predicted octanol–water partition coefficient (Wildman–Crippen LogP) is 1.37. The normalized spacial score (nSPS) is 27.4. The molecule has 1 fully saturated rings. The molecule has 0 N–H and O–H groups in total. The van der Waals surface area contributed by atoms with Crippen LogP contribution in [0, 0.1) is 0 Å². The minimum absolute atomic E-state index is 0.250. The van der Waals surface area contributed by atoms with Crippen molar-refractivity contribution >= 4 is 0 Å². The minimum atomic E-state index is 0.250. The van der Waals surface area contributed by atoms with Crippen molar-refractivity contribution in [3.05, 3.63) is 12.7 Å². The molecule has 0 aromatic heterocycles. The van der Waals surface area contributed by atoms with E-state index in [-0.39, 0.29) is 6.10 Å². The third kappa shape index (κ3) is 2.50. The van der Waals surface area contributed by atoms with Crippen LogP contribution >= 0.6 is 0 Å². The van der Waals surface area contributed by atoms with E-state index in [0.717, 1.165) is 32.7 Å². The first-order valence-corrected chi connectivity index (χ1v) is 3.73. The molecule has 1 saturated heterocycles. The second-order valence-corrected chi connectivity index (χ2v) is 2.45. The first-order chi connectivity index (χ1) is 4.93. The molecule has 0 aromatic rings. The van der Waals surface area contributed by atoms with Crippen LogP contribution in [0.4, 0.5) is 0 Å². The van der Waals surface area contributed by atoms with Crippen molar-refractivity contribution in [2.45, 2.75) is 18.9 Å². The fourth-order valence-corrected chi connectivity index (χ4v) is 0.996. The Morgan fingerprint density at radius 1 is 1.50 bits per heavy atom. The Labute approximate surface area is 61.8 Å². The maximum Gasteiger partial charge on any atom is 0.0842 e. The molecule has 0 spiro atoms. The van der Waals surface area contributed by atoms with Crippen LogP contribution in [-0.2, 0) is 9.47 Å². The van der Waals surface area contributed by atoms with Gasteiger partial charge in [-0.3, -0.25) is 0 Å². The number of hydrogen-bond donors (Lipinski definition) is 0. The number of rotatable bonds is 2. The van der Waals surface area contributed by atoms with Gasteiger partial charge in [-0.1, -0.05) is 6.08 Å². The highest BCUT2D eigenvalue weighted by atomic mass is 16.5. The van der Waals surface area contributed by atoms with E-state index in [2.05, 4.69) is 6.58 Å². The van der Waals surface area contributed by atoms with E-state index in [4.69, 9.17) is 9.47 Å². The number of hydrogen-bond acceptors (Lipinski definition) is 2. The van der Waals surface area contributed by atoms with Crippen molar-refractivity contribution in [2.75, 3.05) is 19.8 Å². The van der Waals surface area contributed by atoms with Gasteiger partial charge in [0.25, 0.3) is 0 Å². The average molecular weight is 142 g/mol. The summed E-state index contributed by atoms with van der Waals surface area (Å²) in [4.78, 5) is 0. The smallest absolute Gasteiger partial charge is 0.0842 e. The standard InChI is InChI=1S/C8H14O2/c1-2-4-8-7-9-5-3-6-10-8/h2,8H,1,3-7H2. The molecule has 1 aliphatic heterocycles. The molecular formula is C8H14O2. The molecule has 0 aliphatic carbocycles. The fourth-order valence-electron chi connectivity index (χ4n) is 0.996. The SMILES string of the molecule is C=CCC1COCCCO1. The van der Waals surface area contributed by atoms with Crippen molar-refractivity contribution in [1.82, 2.24) is 0 Å². The van der Waals surface area contributed by atoms with E-state index < -0.39 is 0 Å². The van der Waals surface area contributed by atoms with E-state index in [1.807, 2.05) is 6.08 Å². The van der Waals surface area contributed by atoms with Crippen molar-refractivity contribution in [2.24, 2.45) is 0 Å². The second-order valence-electron chi connectivity index (χ2n) is 2.45.